The van der Waals surface area contributed by atoms with Crippen molar-refractivity contribution in [1.82, 2.24) is 5.32 Å². The van der Waals surface area contributed by atoms with Gasteiger partial charge in [-0.1, -0.05) is 24.6 Å². The molecule has 0 spiro atoms. The topological polar surface area (TPSA) is 52.5 Å². The van der Waals surface area contributed by atoms with Gasteiger partial charge in [-0.3, -0.25) is 0 Å². The summed E-state index contributed by atoms with van der Waals surface area (Å²) in [5.74, 6) is 0.536. The molecule has 0 aromatic heterocycles. The molecule has 0 radical (unpaired) electrons. The molecule has 0 aliphatic rings. The molecule has 0 aliphatic carbocycles. The maximum Gasteiger partial charge on any atom is 0.120 e. The molecule has 0 saturated carbocycles. The van der Waals surface area contributed by atoms with Gasteiger partial charge in [-0.15, -0.1) is 0 Å². The van der Waals surface area contributed by atoms with E-state index in [1.807, 2.05) is 32.9 Å². The summed E-state index contributed by atoms with van der Waals surface area (Å²) in [6.07, 6.45) is 0. The fourth-order valence-corrected chi connectivity index (χ4v) is 1.49. The van der Waals surface area contributed by atoms with Crippen molar-refractivity contribution in [3.63, 3.8) is 0 Å². The standard InChI is InChI=1S/C13H21NO2/c1-9-4-5-13(16)12(6-9)7-14-11(3)10(2)8-15/h4-6,10-11,14-16H,7-8H2,1-3H3. The average molecular weight is 223 g/mol. The number of hydrogen-bond acceptors (Lipinski definition) is 3. The monoisotopic (exact) mass is 223 g/mol. The molecule has 1 aromatic carbocycles. The quantitative estimate of drug-likeness (QED) is 0.713. The summed E-state index contributed by atoms with van der Waals surface area (Å²) < 4.78 is 0. The van der Waals surface area contributed by atoms with E-state index in [0.717, 1.165) is 11.1 Å². The highest BCUT2D eigenvalue weighted by molar-refractivity contribution is 5.35. The number of phenols is 1. The first kappa shape index (κ1) is 13.0. The molecular formula is C13H21NO2. The minimum atomic E-state index is 0.175. The van der Waals surface area contributed by atoms with Gasteiger partial charge in [0.2, 0.25) is 0 Å². The molecule has 0 fully saturated rings. The number of aliphatic hydroxyl groups excluding tert-OH is 1. The van der Waals surface area contributed by atoms with Gasteiger partial charge in [0, 0.05) is 24.8 Å². The molecule has 16 heavy (non-hydrogen) atoms. The average Bonchev–Trinajstić information content (AvgIpc) is 2.28. The number of benzene rings is 1. The molecule has 3 N–H and O–H groups in total. The van der Waals surface area contributed by atoms with E-state index >= 15 is 0 Å². The minimum absolute atomic E-state index is 0.175. The predicted molar refractivity (Wildman–Crippen MR) is 65.4 cm³/mol. The SMILES string of the molecule is Cc1ccc(O)c(CNC(C)C(C)CO)c1. The number of hydrogen-bond donors (Lipinski definition) is 3. The van der Waals surface area contributed by atoms with Crippen molar-refractivity contribution in [1.29, 1.82) is 0 Å². The van der Waals surface area contributed by atoms with Gasteiger partial charge in [-0.2, -0.15) is 0 Å². The predicted octanol–water partition coefficient (Wildman–Crippen LogP) is 1.81. The van der Waals surface area contributed by atoms with Gasteiger partial charge in [-0.25, -0.2) is 0 Å². The van der Waals surface area contributed by atoms with Crippen LogP contribution in [0.15, 0.2) is 18.2 Å². The first-order chi connectivity index (χ1) is 7.54. The zero-order valence-electron chi connectivity index (χ0n) is 10.2. The molecule has 0 bridgehead atoms. The molecule has 90 valence electrons. The van der Waals surface area contributed by atoms with Crippen LogP contribution in [0.1, 0.15) is 25.0 Å². The third-order valence-electron chi connectivity index (χ3n) is 2.99. The van der Waals surface area contributed by atoms with Gasteiger partial charge in [0.15, 0.2) is 0 Å². The van der Waals surface area contributed by atoms with Crippen molar-refractivity contribution < 1.29 is 10.2 Å². The van der Waals surface area contributed by atoms with Gasteiger partial charge in [0.05, 0.1) is 0 Å². The van der Waals surface area contributed by atoms with Crippen molar-refractivity contribution >= 4 is 0 Å². The summed E-state index contributed by atoms with van der Waals surface area (Å²) in [6, 6.07) is 5.80. The van der Waals surface area contributed by atoms with E-state index < -0.39 is 0 Å². The summed E-state index contributed by atoms with van der Waals surface area (Å²) >= 11 is 0. The highest BCUT2D eigenvalue weighted by Crippen LogP contribution is 2.18. The lowest BCUT2D eigenvalue weighted by molar-refractivity contribution is 0.207. The van der Waals surface area contributed by atoms with Crippen LogP contribution in [0.4, 0.5) is 0 Å². The molecule has 3 nitrogen and oxygen atoms in total. The number of aliphatic hydroxyl groups is 1. The first-order valence-electron chi connectivity index (χ1n) is 5.67. The highest BCUT2D eigenvalue weighted by Gasteiger charge is 2.11. The molecule has 2 atom stereocenters. The number of nitrogens with one attached hydrogen (secondary N) is 1. The van der Waals surface area contributed by atoms with E-state index in [2.05, 4.69) is 5.32 Å². The van der Waals surface area contributed by atoms with Crippen LogP contribution in [0.2, 0.25) is 0 Å². The maximum atomic E-state index is 9.65. The Morgan fingerprint density at radius 3 is 2.62 bits per heavy atom. The van der Waals surface area contributed by atoms with Crippen LogP contribution in [0, 0.1) is 12.8 Å². The van der Waals surface area contributed by atoms with E-state index in [1.165, 1.54) is 0 Å². The van der Waals surface area contributed by atoms with Crippen LogP contribution in [-0.4, -0.2) is 22.9 Å². The Hall–Kier alpha value is -1.06. The van der Waals surface area contributed by atoms with Crippen LogP contribution >= 0.6 is 0 Å². The van der Waals surface area contributed by atoms with Crippen molar-refractivity contribution in [2.24, 2.45) is 5.92 Å². The number of aryl methyl sites for hydroxylation is 1. The zero-order chi connectivity index (χ0) is 12.1. The molecule has 0 saturated heterocycles. The van der Waals surface area contributed by atoms with Gasteiger partial charge in [-0.05, 0) is 25.8 Å². The Bertz CT molecular complexity index is 339. The van der Waals surface area contributed by atoms with Crippen molar-refractivity contribution in [3.05, 3.63) is 29.3 Å². The van der Waals surface area contributed by atoms with Crippen LogP contribution in [0.3, 0.4) is 0 Å². The molecule has 2 unspecified atom stereocenters. The lowest BCUT2D eigenvalue weighted by Crippen LogP contribution is -2.33. The Kier molecular flexibility index (Phi) is 4.77. The van der Waals surface area contributed by atoms with Gasteiger partial charge >= 0.3 is 0 Å². The molecular weight excluding hydrogens is 202 g/mol. The largest absolute Gasteiger partial charge is 0.508 e. The second-order valence-corrected chi connectivity index (χ2v) is 4.46. The smallest absolute Gasteiger partial charge is 0.120 e. The fourth-order valence-electron chi connectivity index (χ4n) is 1.49. The Labute approximate surface area is 97.1 Å². The van der Waals surface area contributed by atoms with E-state index in [-0.39, 0.29) is 18.6 Å². The summed E-state index contributed by atoms with van der Waals surface area (Å²) in [5.41, 5.74) is 2.04. The fraction of sp³-hybridized carbons (Fsp3) is 0.538. The number of aromatic hydroxyl groups is 1. The third-order valence-corrected chi connectivity index (χ3v) is 2.99. The van der Waals surface area contributed by atoms with Crippen molar-refractivity contribution in [2.45, 2.75) is 33.4 Å². The molecule has 0 heterocycles. The van der Waals surface area contributed by atoms with E-state index in [9.17, 15) is 5.11 Å². The number of phenolic OH excluding ortho intramolecular Hbond substituents is 1. The van der Waals surface area contributed by atoms with Crippen molar-refractivity contribution in [2.75, 3.05) is 6.61 Å². The molecule has 3 heteroatoms. The van der Waals surface area contributed by atoms with E-state index in [1.54, 1.807) is 6.07 Å². The van der Waals surface area contributed by atoms with Gasteiger partial charge in [0.1, 0.15) is 5.75 Å². The van der Waals surface area contributed by atoms with Gasteiger partial charge in [0.25, 0.3) is 0 Å². The maximum absolute atomic E-state index is 9.65. The molecule has 0 amide bonds. The van der Waals surface area contributed by atoms with Crippen LogP contribution in [0.25, 0.3) is 0 Å². The number of rotatable bonds is 5. The minimum Gasteiger partial charge on any atom is -0.508 e. The normalized spacial score (nSPS) is 14.8. The van der Waals surface area contributed by atoms with E-state index in [0.29, 0.717) is 12.3 Å². The summed E-state index contributed by atoms with van der Waals surface area (Å²) in [5, 5.41) is 22.0. The lowest BCUT2D eigenvalue weighted by Gasteiger charge is -2.19. The van der Waals surface area contributed by atoms with E-state index in [4.69, 9.17) is 5.11 Å². The van der Waals surface area contributed by atoms with Crippen LogP contribution in [-0.2, 0) is 6.54 Å². The molecule has 1 rings (SSSR count). The highest BCUT2D eigenvalue weighted by atomic mass is 16.3. The molecule has 1 aromatic rings. The first-order valence-corrected chi connectivity index (χ1v) is 5.67. The van der Waals surface area contributed by atoms with Gasteiger partial charge < -0.3 is 15.5 Å². The second kappa shape index (κ2) is 5.87. The lowest BCUT2D eigenvalue weighted by atomic mass is 10.0. The zero-order valence-corrected chi connectivity index (χ0v) is 10.2. The molecule has 0 aliphatic heterocycles. The van der Waals surface area contributed by atoms with Crippen molar-refractivity contribution in [3.8, 4) is 5.75 Å². The van der Waals surface area contributed by atoms with Crippen LogP contribution in [0.5, 0.6) is 5.75 Å². The summed E-state index contributed by atoms with van der Waals surface area (Å²) in [4.78, 5) is 0. The summed E-state index contributed by atoms with van der Waals surface area (Å²) in [6.45, 7) is 6.83. The Balaban J connectivity index is 2.57. The third kappa shape index (κ3) is 3.51. The summed E-state index contributed by atoms with van der Waals surface area (Å²) in [7, 11) is 0. The Morgan fingerprint density at radius 2 is 2.00 bits per heavy atom. The van der Waals surface area contributed by atoms with Crippen LogP contribution < -0.4 is 5.32 Å². The second-order valence-electron chi connectivity index (χ2n) is 4.46. The Morgan fingerprint density at radius 1 is 1.31 bits per heavy atom.